The van der Waals surface area contributed by atoms with Gasteiger partial charge in [0.25, 0.3) is 5.91 Å². The number of halogens is 2. The summed E-state index contributed by atoms with van der Waals surface area (Å²) in [5.41, 5.74) is 0.225. The summed E-state index contributed by atoms with van der Waals surface area (Å²) in [6.45, 7) is 0.936. The third-order valence-corrected chi connectivity index (χ3v) is 3.47. The molecule has 1 aliphatic carbocycles. The first-order valence-corrected chi connectivity index (χ1v) is 7.01. The molecule has 1 saturated carbocycles. The van der Waals surface area contributed by atoms with Crippen LogP contribution in [-0.4, -0.2) is 35.4 Å². The van der Waals surface area contributed by atoms with Crippen molar-refractivity contribution in [2.45, 2.75) is 31.8 Å². The number of carbonyl (C=O) groups is 1. The molecule has 1 aromatic heterocycles. The number of hydrogen-bond donors (Lipinski definition) is 1. The van der Waals surface area contributed by atoms with Gasteiger partial charge in [-0.15, -0.1) is 10.2 Å². The molecular formula is C12H15Cl2N3O2. The highest BCUT2D eigenvalue weighted by Crippen LogP contribution is 2.20. The fraction of sp³-hybridized carbons (Fsp3) is 0.583. The molecule has 0 bridgehead atoms. The van der Waals surface area contributed by atoms with Gasteiger partial charge in [-0.1, -0.05) is 36.0 Å². The van der Waals surface area contributed by atoms with E-state index < -0.39 is 0 Å². The average Bonchev–Trinajstić information content (AvgIpc) is 2.90. The van der Waals surface area contributed by atoms with Crippen LogP contribution in [0, 0.1) is 0 Å². The van der Waals surface area contributed by atoms with Crippen LogP contribution in [0.4, 0.5) is 0 Å². The molecule has 2 rings (SSSR count). The zero-order chi connectivity index (χ0) is 13.7. The Hall–Kier alpha value is -0.910. The number of amides is 1. The molecule has 5 nitrogen and oxygen atoms in total. The Morgan fingerprint density at radius 2 is 2.11 bits per heavy atom. The van der Waals surface area contributed by atoms with Crippen molar-refractivity contribution in [1.82, 2.24) is 15.5 Å². The van der Waals surface area contributed by atoms with Crippen molar-refractivity contribution < 1.29 is 9.53 Å². The summed E-state index contributed by atoms with van der Waals surface area (Å²) >= 11 is 11.5. The molecule has 0 spiro atoms. The second-order valence-corrected chi connectivity index (χ2v) is 5.15. The fourth-order valence-electron chi connectivity index (χ4n) is 2.05. The van der Waals surface area contributed by atoms with Gasteiger partial charge in [0, 0.05) is 6.54 Å². The van der Waals surface area contributed by atoms with Crippen LogP contribution in [0.3, 0.4) is 0 Å². The number of rotatable bonds is 5. The van der Waals surface area contributed by atoms with Crippen LogP contribution in [0.2, 0.25) is 10.3 Å². The van der Waals surface area contributed by atoms with Crippen LogP contribution in [0.25, 0.3) is 0 Å². The Balaban J connectivity index is 1.75. The summed E-state index contributed by atoms with van der Waals surface area (Å²) in [7, 11) is 0. The maximum Gasteiger partial charge on any atom is 0.254 e. The number of carbonyl (C=O) groups excluding carboxylic acids is 1. The monoisotopic (exact) mass is 303 g/mol. The summed E-state index contributed by atoms with van der Waals surface area (Å²) in [4.78, 5) is 11.8. The van der Waals surface area contributed by atoms with Crippen LogP contribution in [0.1, 0.15) is 36.0 Å². The van der Waals surface area contributed by atoms with Crippen molar-refractivity contribution in [3.05, 3.63) is 21.9 Å². The molecule has 104 valence electrons. The van der Waals surface area contributed by atoms with E-state index in [0.717, 1.165) is 12.8 Å². The molecule has 1 heterocycles. The SMILES string of the molecule is O=C(NCCOC1CCCC1)c1cc(Cl)nnc1Cl. The Bertz CT molecular complexity index is 451. The first kappa shape index (κ1) is 14.5. The van der Waals surface area contributed by atoms with E-state index in [4.69, 9.17) is 27.9 Å². The van der Waals surface area contributed by atoms with Crippen molar-refractivity contribution in [2.75, 3.05) is 13.2 Å². The highest BCUT2D eigenvalue weighted by Gasteiger charge is 2.16. The second-order valence-electron chi connectivity index (χ2n) is 4.40. The van der Waals surface area contributed by atoms with Gasteiger partial charge in [0.15, 0.2) is 10.3 Å². The summed E-state index contributed by atoms with van der Waals surface area (Å²) in [6, 6.07) is 1.39. The predicted octanol–water partition coefficient (Wildman–Crippen LogP) is 2.47. The molecule has 0 aliphatic heterocycles. The smallest absolute Gasteiger partial charge is 0.254 e. The van der Waals surface area contributed by atoms with Crippen LogP contribution in [-0.2, 0) is 4.74 Å². The maximum absolute atomic E-state index is 11.8. The Morgan fingerprint density at radius 1 is 1.37 bits per heavy atom. The lowest BCUT2D eigenvalue weighted by Crippen LogP contribution is -2.28. The molecule has 1 amide bonds. The van der Waals surface area contributed by atoms with Gasteiger partial charge in [-0.25, -0.2) is 0 Å². The number of ether oxygens (including phenoxy) is 1. The molecular weight excluding hydrogens is 289 g/mol. The number of nitrogens with zero attached hydrogens (tertiary/aromatic N) is 2. The molecule has 1 aromatic rings. The van der Waals surface area contributed by atoms with Gasteiger partial charge < -0.3 is 10.1 Å². The van der Waals surface area contributed by atoms with E-state index in [1.165, 1.54) is 18.9 Å². The van der Waals surface area contributed by atoms with Crippen LogP contribution in [0.15, 0.2) is 6.07 Å². The predicted molar refractivity (Wildman–Crippen MR) is 72.6 cm³/mol. The molecule has 0 saturated heterocycles. The van der Waals surface area contributed by atoms with Crippen molar-refractivity contribution in [1.29, 1.82) is 0 Å². The number of hydrogen-bond acceptors (Lipinski definition) is 4. The van der Waals surface area contributed by atoms with E-state index in [-0.39, 0.29) is 21.8 Å². The zero-order valence-electron chi connectivity index (χ0n) is 10.4. The van der Waals surface area contributed by atoms with Crippen molar-refractivity contribution in [3.63, 3.8) is 0 Å². The van der Waals surface area contributed by atoms with Crippen molar-refractivity contribution >= 4 is 29.1 Å². The van der Waals surface area contributed by atoms with Gasteiger partial charge in [-0.3, -0.25) is 4.79 Å². The van der Waals surface area contributed by atoms with Gasteiger partial charge in [0.1, 0.15) is 0 Å². The van der Waals surface area contributed by atoms with Gasteiger partial charge in [-0.05, 0) is 18.9 Å². The minimum Gasteiger partial charge on any atom is -0.376 e. The van der Waals surface area contributed by atoms with Crippen molar-refractivity contribution in [3.8, 4) is 0 Å². The van der Waals surface area contributed by atoms with E-state index in [2.05, 4.69) is 15.5 Å². The lowest BCUT2D eigenvalue weighted by Gasteiger charge is -2.11. The van der Waals surface area contributed by atoms with Gasteiger partial charge >= 0.3 is 0 Å². The highest BCUT2D eigenvalue weighted by molar-refractivity contribution is 6.34. The highest BCUT2D eigenvalue weighted by atomic mass is 35.5. The van der Waals surface area contributed by atoms with E-state index in [0.29, 0.717) is 19.3 Å². The molecule has 7 heteroatoms. The summed E-state index contributed by atoms with van der Waals surface area (Å²) in [5, 5.41) is 10.0. The quantitative estimate of drug-likeness (QED) is 0.849. The van der Waals surface area contributed by atoms with E-state index in [1.807, 2.05) is 0 Å². The lowest BCUT2D eigenvalue weighted by molar-refractivity contribution is 0.0582. The van der Waals surface area contributed by atoms with E-state index >= 15 is 0 Å². The third kappa shape index (κ3) is 4.30. The molecule has 1 N–H and O–H groups in total. The van der Waals surface area contributed by atoms with Gasteiger partial charge in [0.05, 0.1) is 18.3 Å². The van der Waals surface area contributed by atoms with Crippen LogP contribution < -0.4 is 5.32 Å². The standard InChI is InChI=1S/C12H15Cl2N3O2/c13-10-7-9(11(14)17-16-10)12(18)15-5-6-19-8-3-1-2-4-8/h7-8H,1-6H2,(H,15,18). The zero-order valence-corrected chi connectivity index (χ0v) is 11.9. The Labute approximate surface area is 121 Å². The summed E-state index contributed by atoms with van der Waals surface area (Å²) in [5.74, 6) is -0.322. The lowest BCUT2D eigenvalue weighted by atomic mass is 10.3. The van der Waals surface area contributed by atoms with Crippen LogP contribution >= 0.6 is 23.2 Å². The third-order valence-electron chi connectivity index (χ3n) is 3.01. The largest absolute Gasteiger partial charge is 0.376 e. The Morgan fingerprint density at radius 3 is 2.84 bits per heavy atom. The van der Waals surface area contributed by atoms with Gasteiger partial charge in [-0.2, -0.15) is 0 Å². The van der Waals surface area contributed by atoms with E-state index in [1.54, 1.807) is 0 Å². The van der Waals surface area contributed by atoms with E-state index in [9.17, 15) is 4.79 Å². The molecule has 0 aromatic carbocycles. The summed E-state index contributed by atoms with van der Waals surface area (Å²) < 4.78 is 5.64. The fourth-order valence-corrected chi connectivity index (χ4v) is 2.38. The van der Waals surface area contributed by atoms with Crippen molar-refractivity contribution in [2.24, 2.45) is 0 Å². The number of nitrogens with one attached hydrogen (secondary N) is 1. The molecule has 19 heavy (non-hydrogen) atoms. The molecule has 0 radical (unpaired) electrons. The van der Waals surface area contributed by atoms with Gasteiger partial charge in [0.2, 0.25) is 0 Å². The first-order valence-electron chi connectivity index (χ1n) is 6.25. The Kier molecular flexibility index (Phi) is 5.36. The minimum atomic E-state index is -0.322. The molecule has 0 atom stereocenters. The summed E-state index contributed by atoms with van der Waals surface area (Å²) in [6.07, 6.45) is 5.03. The van der Waals surface area contributed by atoms with Crippen LogP contribution in [0.5, 0.6) is 0 Å². The minimum absolute atomic E-state index is 0.0404. The average molecular weight is 304 g/mol. The first-order chi connectivity index (χ1) is 9.16. The second kappa shape index (κ2) is 7.03. The normalized spacial score (nSPS) is 15.7. The molecule has 1 aliphatic rings. The topological polar surface area (TPSA) is 64.1 Å². The number of aromatic nitrogens is 2. The molecule has 1 fully saturated rings. The maximum atomic E-state index is 11.8. The molecule has 0 unspecified atom stereocenters.